The molecule has 0 aromatic rings. The number of esters is 1. The van der Waals surface area contributed by atoms with Crippen LogP contribution >= 0.6 is 0 Å². The van der Waals surface area contributed by atoms with E-state index < -0.39 is 12.1 Å². The van der Waals surface area contributed by atoms with E-state index in [9.17, 15) is 19.8 Å². The molecule has 0 heterocycles. The fourth-order valence-corrected chi connectivity index (χ4v) is 12.7. The Morgan fingerprint density at radius 1 is 0.314 bits per heavy atom. The van der Waals surface area contributed by atoms with Gasteiger partial charge in [0, 0.05) is 12.8 Å². The van der Waals surface area contributed by atoms with Crippen molar-refractivity contribution >= 4 is 11.9 Å². The van der Waals surface area contributed by atoms with Crippen LogP contribution in [0, 0.1) is 0 Å². The van der Waals surface area contributed by atoms with E-state index in [1.54, 1.807) is 0 Å². The van der Waals surface area contributed by atoms with Crippen LogP contribution in [0.2, 0.25) is 0 Å². The summed E-state index contributed by atoms with van der Waals surface area (Å²) in [6.07, 6.45) is 97.1. The molecule has 0 saturated heterocycles. The third-order valence-corrected chi connectivity index (χ3v) is 18.7. The molecule has 86 heavy (non-hydrogen) atoms. The van der Waals surface area contributed by atoms with Gasteiger partial charge in [0.15, 0.2) is 0 Å². The van der Waals surface area contributed by atoms with Crippen LogP contribution in [0.4, 0.5) is 0 Å². The zero-order valence-electron chi connectivity index (χ0n) is 58.6. The Balaban J connectivity index is 3.32. The van der Waals surface area contributed by atoms with Crippen LogP contribution in [-0.2, 0) is 14.3 Å². The third kappa shape index (κ3) is 71.4. The van der Waals surface area contributed by atoms with Crippen molar-refractivity contribution in [3.8, 4) is 0 Å². The summed E-state index contributed by atoms with van der Waals surface area (Å²) in [6.45, 7) is 4.99. The summed E-state index contributed by atoms with van der Waals surface area (Å²) in [5, 5.41) is 23.4. The number of carbonyl (C=O) groups is 2. The number of unbranched alkanes of at least 4 members (excludes halogenated alkanes) is 60. The van der Waals surface area contributed by atoms with Gasteiger partial charge in [-0.25, -0.2) is 0 Å². The number of aliphatic hydroxyl groups is 2. The van der Waals surface area contributed by atoms with Crippen LogP contribution < -0.4 is 5.32 Å². The Morgan fingerprint density at radius 2 is 0.547 bits per heavy atom. The maximum absolute atomic E-state index is 12.5. The summed E-state index contributed by atoms with van der Waals surface area (Å²) in [5.74, 6) is -0.0121. The fourth-order valence-electron chi connectivity index (χ4n) is 12.7. The second kappa shape index (κ2) is 75.8. The van der Waals surface area contributed by atoms with Crippen molar-refractivity contribution in [3.05, 3.63) is 24.3 Å². The van der Waals surface area contributed by atoms with Crippen molar-refractivity contribution in [1.82, 2.24) is 5.32 Å². The molecular weight excluding hydrogens is 1050 g/mol. The van der Waals surface area contributed by atoms with Gasteiger partial charge in [-0.2, -0.15) is 0 Å². The van der Waals surface area contributed by atoms with Crippen molar-refractivity contribution in [1.29, 1.82) is 0 Å². The summed E-state index contributed by atoms with van der Waals surface area (Å²) < 4.78 is 5.50. The van der Waals surface area contributed by atoms with E-state index in [-0.39, 0.29) is 18.5 Å². The van der Waals surface area contributed by atoms with Crippen LogP contribution in [0.15, 0.2) is 24.3 Å². The average molecular weight is 1210 g/mol. The molecule has 0 saturated carbocycles. The Labute approximate surface area is 539 Å². The zero-order chi connectivity index (χ0) is 62.0. The van der Waals surface area contributed by atoms with Gasteiger partial charge in [0.05, 0.1) is 25.4 Å². The fraction of sp³-hybridized carbons (Fsp3) is 0.925. The molecule has 0 aliphatic heterocycles. The molecule has 2 unspecified atom stereocenters. The molecule has 0 aromatic carbocycles. The summed E-state index contributed by atoms with van der Waals surface area (Å²) in [6, 6.07) is -0.538. The molecule has 0 aliphatic carbocycles. The molecule has 3 N–H and O–H groups in total. The highest BCUT2D eigenvalue weighted by Crippen LogP contribution is 2.20. The third-order valence-electron chi connectivity index (χ3n) is 18.7. The normalized spacial score (nSPS) is 12.6. The number of carbonyl (C=O) groups excluding carboxylic acids is 2. The van der Waals surface area contributed by atoms with Gasteiger partial charge in [-0.3, -0.25) is 9.59 Å². The largest absolute Gasteiger partial charge is 0.466 e. The van der Waals surface area contributed by atoms with Crippen LogP contribution in [0.5, 0.6) is 0 Å². The number of amides is 1. The number of aliphatic hydroxyl groups excluding tert-OH is 2. The molecule has 0 rings (SSSR count). The molecule has 6 heteroatoms. The number of nitrogens with one attached hydrogen (secondary N) is 1. The topological polar surface area (TPSA) is 95.9 Å². The first-order valence-corrected chi connectivity index (χ1v) is 39.6. The minimum atomic E-state index is -0.661. The molecule has 0 aromatic heterocycles. The first-order chi connectivity index (χ1) is 42.5. The molecular formula is C80H155NO5. The molecule has 0 radical (unpaired) electrons. The van der Waals surface area contributed by atoms with Crippen molar-refractivity contribution in [2.75, 3.05) is 13.2 Å². The molecule has 0 fully saturated rings. The summed E-state index contributed by atoms with van der Waals surface area (Å²) in [5.41, 5.74) is 0. The van der Waals surface area contributed by atoms with Gasteiger partial charge in [0.1, 0.15) is 0 Å². The highest BCUT2D eigenvalue weighted by atomic mass is 16.5. The molecule has 2 atom stereocenters. The van der Waals surface area contributed by atoms with Crippen LogP contribution in [0.25, 0.3) is 0 Å². The van der Waals surface area contributed by atoms with Crippen LogP contribution in [0.3, 0.4) is 0 Å². The van der Waals surface area contributed by atoms with E-state index >= 15 is 0 Å². The summed E-state index contributed by atoms with van der Waals surface area (Å²) in [4.78, 5) is 24.6. The van der Waals surface area contributed by atoms with Gasteiger partial charge in [-0.05, 0) is 77.0 Å². The Kier molecular flexibility index (Phi) is 74.3. The monoisotopic (exact) mass is 1210 g/mol. The standard InChI is InChI=1S/C80H155NO5/c1-3-5-7-9-11-13-15-17-19-44-48-52-56-60-64-68-72-78(83)77(76-82)81-79(84)73-69-65-61-57-53-49-45-42-40-38-36-34-32-30-28-26-24-22-21-23-25-27-29-31-33-35-37-39-41-43-47-51-55-59-63-67-71-75-86-80(85)74-70-66-62-58-54-50-46-20-18-16-14-12-10-8-6-4-2/h20-21,23,46,77-78,82-83H,3-19,22,24-45,47-76H2,1-2H3,(H,81,84)/b23-21-,46-20-. The van der Waals surface area contributed by atoms with Gasteiger partial charge < -0.3 is 20.3 Å². The van der Waals surface area contributed by atoms with Gasteiger partial charge in [-0.15, -0.1) is 0 Å². The minimum Gasteiger partial charge on any atom is -0.466 e. The van der Waals surface area contributed by atoms with Crippen molar-refractivity contribution in [2.24, 2.45) is 0 Å². The highest BCUT2D eigenvalue weighted by Gasteiger charge is 2.20. The minimum absolute atomic E-state index is 0.0149. The molecule has 0 spiro atoms. The van der Waals surface area contributed by atoms with Gasteiger partial charge >= 0.3 is 5.97 Å². The number of hydrogen-bond donors (Lipinski definition) is 3. The quantitative estimate of drug-likeness (QED) is 0.0320. The van der Waals surface area contributed by atoms with E-state index in [1.165, 1.54) is 372 Å². The van der Waals surface area contributed by atoms with Gasteiger partial charge in [0.2, 0.25) is 5.91 Å². The number of hydrogen-bond acceptors (Lipinski definition) is 5. The van der Waals surface area contributed by atoms with Crippen molar-refractivity contribution in [2.45, 2.75) is 463 Å². The number of allylic oxidation sites excluding steroid dienone is 4. The number of ether oxygens (including phenoxy) is 1. The second-order valence-corrected chi connectivity index (χ2v) is 27.4. The second-order valence-electron chi connectivity index (χ2n) is 27.4. The van der Waals surface area contributed by atoms with Gasteiger partial charge in [-0.1, -0.05) is 385 Å². The Morgan fingerprint density at radius 3 is 0.826 bits per heavy atom. The molecule has 510 valence electrons. The number of rotatable bonds is 75. The maximum atomic E-state index is 12.5. The lowest BCUT2D eigenvalue weighted by Gasteiger charge is -2.22. The summed E-state index contributed by atoms with van der Waals surface area (Å²) >= 11 is 0. The predicted molar refractivity (Wildman–Crippen MR) is 380 cm³/mol. The van der Waals surface area contributed by atoms with Gasteiger partial charge in [0.25, 0.3) is 0 Å². The molecule has 1 amide bonds. The molecule has 0 aliphatic rings. The highest BCUT2D eigenvalue weighted by molar-refractivity contribution is 5.76. The Hall–Kier alpha value is -1.66. The molecule has 0 bridgehead atoms. The SMILES string of the molecule is CCCCCCCCC/C=C\CCCCCCCC(=O)OCCCCCCCCCCCCCCCCCC/C=C\CCCCCCCCCCCCCCCCCCCC(=O)NC(CO)C(O)CCCCCCCCCCCCCCCCCC. The summed E-state index contributed by atoms with van der Waals surface area (Å²) in [7, 11) is 0. The lowest BCUT2D eigenvalue weighted by Crippen LogP contribution is -2.45. The maximum Gasteiger partial charge on any atom is 0.305 e. The lowest BCUT2D eigenvalue weighted by molar-refractivity contribution is -0.143. The van der Waals surface area contributed by atoms with E-state index in [1.807, 2.05) is 0 Å². The molecule has 6 nitrogen and oxygen atoms in total. The predicted octanol–water partition coefficient (Wildman–Crippen LogP) is 26.0. The van der Waals surface area contributed by atoms with Crippen LogP contribution in [-0.4, -0.2) is 47.4 Å². The first kappa shape index (κ1) is 84.3. The van der Waals surface area contributed by atoms with E-state index in [0.29, 0.717) is 25.9 Å². The van der Waals surface area contributed by atoms with E-state index in [2.05, 4.69) is 43.5 Å². The van der Waals surface area contributed by atoms with Crippen molar-refractivity contribution < 1.29 is 24.5 Å². The smallest absolute Gasteiger partial charge is 0.305 e. The zero-order valence-corrected chi connectivity index (χ0v) is 58.6. The Bertz CT molecular complexity index is 1350. The first-order valence-electron chi connectivity index (χ1n) is 39.6. The van der Waals surface area contributed by atoms with Crippen LogP contribution in [0.1, 0.15) is 450 Å². The van der Waals surface area contributed by atoms with E-state index in [0.717, 1.165) is 44.9 Å². The lowest BCUT2D eigenvalue weighted by atomic mass is 10.0. The average Bonchev–Trinajstić information content (AvgIpc) is 3.60. The van der Waals surface area contributed by atoms with E-state index in [4.69, 9.17) is 4.74 Å². The van der Waals surface area contributed by atoms with Crippen molar-refractivity contribution in [3.63, 3.8) is 0 Å².